The number of hydrogen-bond donors (Lipinski definition) is 1. The standard InChI is InChI=1S/C16H11BrFN3O3/c17-13-7-6-11(18)8-12(13)14-20-21-15(24-14)19-16(22)23-9-10-4-2-1-3-5-10/h1-8H,9H2,(H,19,21,22). The lowest BCUT2D eigenvalue weighted by atomic mass is 10.2. The van der Waals surface area contributed by atoms with Crippen molar-refractivity contribution >= 4 is 28.0 Å². The molecule has 1 heterocycles. The molecule has 0 unspecified atom stereocenters. The molecule has 2 aromatic carbocycles. The van der Waals surface area contributed by atoms with Crippen LogP contribution in [0.2, 0.25) is 0 Å². The van der Waals surface area contributed by atoms with Crippen molar-refractivity contribution in [3.05, 3.63) is 64.4 Å². The monoisotopic (exact) mass is 391 g/mol. The van der Waals surface area contributed by atoms with Gasteiger partial charge < -0.3 is 9.15 Å². The number of nitrogens with zero attached hydrogens (tertiary/aromatic N) is 2. The maximum absolute atomic E-state index is 13.3. The normalized spacial score (nSPS) is 10.4. The van der Waals surface area contributed by atoms with Crippen molar-refractivity contribution in [2.75, 3.05) is 5.32 Å². The molecule has 122 valence electrons. The Hall–Kier alpha value is -2.74. The first-order valence-corrected chi connectivity index (χ1v) is 7.68. The number of aromatic nitrogens is 2. The largest absolute Gasteiger partial charge is 0.444 e. The van der Waals surface area contributed by atoms with Crippen molar-refractivity contribution in [1.29, 1.82) is 0 Å². The number of carbonyl (C=O) groups excluding carboxylic acids is 1. The average Bonchev–Trinajstić information content (AvgIpc) is 3.04. The summed E-state index contributed by atoms with van der Waals surface area (Å²) in [5.41, 5.74) is 1.23. The molecule has 0 bridgehead atoms. The van der Waals surface area contributed by atoms with Crippen LogP contribution in [0.5, 0.6) is 0 Å². The molecule has 0 saturated carbocycles. The van der Waals surface area contributed by atoms with Gasteiger partial charge in [0.25, 0.3) is 5.89 Å². The van der Waals surface area contributed by atoms with Crippen LogP contribution in [0, 0.1) is 5.82 Å². The number of ether oxygens (including phenoxy) is 1. The number of amides is 1. The summed E-state index contributed by atoms with van der Waals surface area (Å²) in [5, 5.41) is 9.79. The van der Waals surface area contributed by atoms with Gasteiger partial charge in [0, 0.05) is 4.47 Å². The molecule has 1 amide bonds. The Morgan fingerprint density at radius 3 is 2.79 bits per heavy atom. The molecule has 0 aliphatic heterocycles. The van der Waals surface area contributed by atoms with Gasteiger partial charge in [-0.3, -0.25) is 0 Å². The highest BCUT2D eigenvalue weighted by molar-refractivity contribution is 9.10. The Balaban J connectivity index is 1.63. The predicted molar refractivity (Wildman–Crippen MR) is 87.6 cm³/mol. The van der Waals surface area contributed by atoms with Crippen LogP contribution >= 0.6 is 15.9 Å². The second kappa shape index (κ2) is 7.22. The van der Waals surface area contributed by atoms with Crippen molar-refractivity contribution in [1.82, 2.24) is 10.2 Å². The van der Waals surface area contributed by atoms with Crippen LogP contribution in [0.1, 0.15) is 5.56 Å². The molecular weight excluding hydrogens is 381 g/mol. The summed E-state index contributed by atoms with van der Waals surface area (Å²) >= 11 is 3.27. The maximum atomic E-state index is 13.3. The van der Waals surface area contributed by atoms with Crippen molar-refractivity contribution < 1.29 is 18.3 Å². The molecule has 0 aliphatic carbocycles. The summed E-state index contributed by atoms with van der Waals surface area (Å²) in [6.07, 6.45) is -0.729. The summed E-state index contributed by atoms with van der Waals surface area (Å²) in [6, 6.07) is 13.1. The molecule has 0 spiro atoms. The summed E-state index contributed by atoms with van der Waals surface area (Å²) < 4.78 is 24.2. The van der Waals surface area contributed by atoms with Crippen molar-refractivity contribution in [2.24, 2.45) is 0 Å². The zero-order valence-electron chi connectivity index (χ0n) is 12.2. The topological polar surface area (TPSA) is 77.3 Å². The third kappa shape index (κ3) is 3.96. The van der Waals surface area contributed by atoms with E-state index in [-0.39, 0.29) is 18.5 Å². The van der Waals surface area contributed by atoms with Gasteiger partial charge in [-0.05, 0) is 39.7 Å². The summed E-state index contributed by atoms with van der Waals surface area (Å²) in [5.74, 6) is -0.372. The van der Waals surface area contributed by atoms with E-state index < -0.39 is 11.9 Å². The molecule has 0 saturated heterocycles. The lowest BCUT2D eigenvalue weighted by molar-refractivity contribution is 0.154. The predicted octanol–water partition coefficient (Wildman–Crippen LogP) is 4.39. The quantitative estimate of drug-likeness (QED) is 0.713. The highest BCUT2D eigenvalue weighted by Crippen LogP contribution is 2.28. The fraction of sp³-hybridized carbons (Fsp3) is 0.0625. The van der Waals surface area contributed by atoms with E-state index in [1.807, 2.05) is 30.3 Å². The number of hydrogen-bond acceptors (Lipinski definition) is 5. The second-order valence-electron chi connectivity index (χ2n) is 4.72. The first-order chi connectivity index (χ1) is 11.6. The van der Waals surface area contributed by atoms with Crippen molar-refractivity contribution in [2.45, 2.75) is 6.61 Å². The fourth-order valence-electron chi connectivity index (χ4n) is 1.89. The van der Waals surface area contributed by atoms with Crippen LogP contribution in [0.15, 0.2) is 57.4 Å². The van der Waals surface area contributed by atoms with E-state index in [0.717, 1.165) is 5.56 Å². The van der Waals surface area contributed by atoms with E-state index in [1.165, 1.54) is 18.2 Å². The Morgan fingerprint density at radius 2 is 2.00 bits per heavy atom. The van der Waals surface area contributed by atoms with Crippen LogP contribution < -0.4 is 5.32 Å². The lowest BCUT2D eigenvalue weighted by Gasteiger charge is -2.04. The summed E-state index contributed by atoms with van der Waals surface area (Å²) in [7, 11) is 0. The zero-order chi connectivity index (χ0) is 16.9. The Morgan fingerprint density at radius 1 is 1.21 bits per heavy atom. The van der Waals surface area contributed by atoms with Gasteiger partial charge in [-0.25, -0.2) is 14.5 Å². The molecule has 0 fully saturated rings. The minimum Gasteiger partial charge on any atom is -0.444 e. The third-order valence-corrected chi connectivity index (χ3v) is 3.70. The highest BCUT2D eigenvalue weighted by Gasteiger charge is 2.15. The molecular formula is C16H11BrFN3O3. The second-order valence-corrected chi connectivity index (χ2v) is 5.58. The highest BCUT2D eigenvalue weighted by atomic mass is 79.9. The van der Waals surface area contributed by atoms with Crippen LogP contribution in [0.4, 0.5) is 15.2 Å². The van der Waals surface area contributed by atoms with Gasteiger partial charge in [-0.2, -0.15) is 0 Å². The molecule has 6 nitrogen and oxygen atoms in total. The third-order valence-electron chi connectivity index (χ3n) is 3.01. The van der Waals surface area contributed by atoms with Gasteiger partial charge in [-0.15, -0.1) is 5.10 Å². The fourth-order valence-corrected chi connectivity index (χ4v) is 2.31. The van der Waals surface area contributed by atoms with E-state index in [4.69, 9.17) is 9.15 Å². The minimum atomic E-state index is -0.729. The number of rotatable bonds is 4. The number of halogens is 2. The molecule has 3 aromatic rings. The van der Waals surface area contributed by atoms with Gasteiger partial charge in [0.05, 0.1) is 5.56 Å². The number of nitrogens with one attached hydrogen (secondary N) is 1. The van der Waals surface area contributed by atoms with Crippen LogP contribution in [-0.4, -0.2) is 16.3 Å². The summed E-state index contributed by atoms with van der Waals surface area (Å²) in [4.78, 5) is 11.7. The van der Waals surface area contributed by atoms with Gasteiger partial charge in [0.1, 0.15) is 12.4 Å². The average molecular weight is 392 g/mol. The molecule has 1 N–H and O–H groups in total. The van der Waals surface area contributed by atoms with E-state index in [0.29, 0.717) is 10.0 Å². The van der Waals surface area contributed by atoms with Gasteiger partial charge in [-0.1, -0.05) is 35.4 Å². The minimum absolute atomic E-state index is 0.0692. The number of anilines is 1. The first kappa shape index (κ1) is 16.1. The SMILES string of the molecule is O=C(Nc1nnc(-c2cc(F)ccc2Br)o1)OCc1ccccc1. The Kier molecular flexibility index (Phi) is 4.85. The molecule has 0 aliphatic rings. The molecule has 8 heteroatoms. The van der Waals surface area contributed by atoms with Gasteiger partial charge in [0.2, 0.25) is 0 Å². The van der Waals surface area contributed by atoms with Crippen molar-refractivity contribution in [3.63, 3.8) is 0 Å². The molecule has 3 rings (SSSR count). The Bertz CT molecular complexity index is 855. The molecule has 0 atom stereocenters. The van der Waals surface area contributed by atoms with E-state index in [2.05, 4.69) is 31.4 Å². The zero-order valence-corrected chi connectivity index (χ0v) is 13.8. The smallest absolute Gasteiger partial charge is 0.415 e. The van der Waals surface area contributed by atoms with E-state index in [1.54, 1.807) is 0 Å². The molecule has 1 aromatic heterocycles. The number of carbonyl (C=O) groups is 1. The molecule has 0 radical (unpaired) electrons. The lowest BCUT2D eigenvalue weighted by Crippen LogP contribution is -2.13. The van der Waals surface area contributed by atoms with E-state index >= 15 is 0 Å². The summed E-state index contributed by atoms with van der Waals surface area (Å²) in [6.45, 7) is 0.114. The van der Waals surface area contributed by atoms with Crippen LogP contribution in [0.25, 0.3) is 11.5 Å². The van der Waals surface area contributed by atoms with Crippen molar-refractivity contribution in [3.8, 4) is 11.5 Å². The van der Waals surface area contributed by atoms with Crippen LogP contribution in [-0.2, 0) is 11.3 Å². The van der Waals surface area contributed by atoms with Gasteiger partial charge >= 0.3 is 12.1 Å². The number of benzene rings is 2. The Labute approximate surface area is 144 Å². The van der Waals surface area contributed by atoms with Crippen LogP contribution in [0.3, 0.4) is 0 Å². The maximum Gasteiger partial charge on any atom is 0.415 e. The first-order valence-electron chi connectivity index (χ1n) is 6.88. The van der Waals surface area contributed by atoms with E-state index in [9.17, 15) is 9.18 Å². The van der Waals surface area contributed by atoms with Gasteiger partial charge in [0.15, 0.2) is 0 Å². The molecule has 24 heavy (non-hydrogen) atoms.